The summed E-state index contributed by atoms with van der Waals surface area (Å²) >= 11 is 5.71. The van der Waals surface area contributed by atoms with Gasteiger partial charge in [0.1, 0.15) is 5.82 Å². The highest BCUT2D eigenvalue weighted by Crippen LogP contribution is 2.21. The minimum atomic E-state index is -0.642. The topological polar surface area (TPSA) is 49.3 Å². The standard InChI is InChI=1S/C14H19ClFNO2/c1-14(2,3)7-9(18)8-17-13(19)10-5-4-6-11(16)12(10)15/h4-6,9,18H,7-8H2,1-3H3,(H,17,19). The molecule has 106 valence electrons. The summed E-state index contributed by atoms with van der Waals surface area (Å²) < 4.78 is 13.2. The Bertz CT molecular complexity index is 457. The number of nitrogens with one attached hydrogen (secondary N) is 1. The SMILES string of the molecule is CC(C)(C)CC(O)CNC(=O)c1cccc(F)c1Cl. The van der Waals surface area contributed by atoms with Crippen LogP contribution in [0.15, 0.2) is 18.2 Å². The van der Waals surface area contributed by atoms with Gasteiger partial charge in [-0.3, -0.25) is 4.79 Å². The Morgan fingerprint density at radius 2 is 2.11 bits per heavy atom. The van der Waals surface area contributed by atoms with Crippen LogP contribution >= 0.6 is 11.6 Å². The smallest absolute Gasteiger partial charge is 0.252 e. The van der Waals surface area contributed by atoms with E-state index in [0.717, 1.165) is 0 Å². The molecule has 19 heavy (non-hydrogen) atoms. The first-order chi connectivity index (χ1) is 8.70. The molecule has 0 bridgehead atoms. The van der Waals surface area contributed by atoms with Crippen LogP contribution in [0.3, 0.4) is 0 Å². The average Bonchev–Trinajstić information content (AvgIpc) is 2.27. The monoisotopic (exact) mass is 287 g/mol. The van der Waals surface area contributed by atoms with Gasteiger partial charge in [-0.1, -0.05) is 38.4 Å². The van der Waals surface area contributed by atoms with Crippen LogP contribution in [0.2, 0.25) is 5.02 Å². The Balaban J connectivity index is 2.59. The lowest BCUT2D eigenvalue weighted by atomic mass is 9.89. The maximum Gasteiger partial charge on any atom is 0.252 e. The third kappa shape index (κ3) is 5.17. The molecule has 1 rings (SSSR count). The van der Waals surface area contributed by atoms with Gasteiger partial charge in [0.2, 0.25) is 0 Å². The number of hydrogen-bond acceptors (Lipinski definition) is 2. The van der Waals surface area contributed by atoms with Gasteiger partial charge in [-0.15, -0.1) is 0 Å². The zero-order valence-corrected chi connectivity index (χ0v) is 12.1. The summed E-state index contributed by atoms with van der Waals surface area (Å²) in [7, 11) is 0. The summed E-state index contributed by atoms with van der Waals surface area (Å²) in [6.45, 7) is 6.12. The summed E-state index contributed by atoms with van der Waals surface area (Å²) in [5, 5.41) is 12.1. The van der Waals surface area contributed by atoms with Crippen LogP contribution in [0.4, 0.5) is 4.39 Å². The second-order valence-corrected chi connectivity index (χ2v) is 6.11. The molecule has 0 fully saturated rings. The Hall–Kier alpha value is -1.13. The molecule has 0 aromatic heterocycles. The highest BCUT2D eigenvalue weighted by atomic mass is 35.5. The number of benzene rings is 1. The number of aliphatic hydroxyl groups is 1. The summed E-state index contributed by atoms with van der Waals surface area (Å²) in [6.07, 6.45) is -0.0826. The van der Waals surface area contributed by atoms with Gasteiger partial charge in [0.05, 0.1) is 16.7 Å². The highest BCUT2D eigenvalue weighted by molar-refractivity contribution is 6.34. The largest absolute Gasteiger partial charge is 0.391 e. The lowest BCUT2D eigenvalue weighted by Crippen LogP contribution is -2.34. The van der Waals surface area contributed by atoms with Crippen molar-refractivity contribution in [3.8, 4) is 0 Å². The summed E-state index contributed by atoms with van der Waals surface area (Å²) in [4.78, 5) is 11.8. The fourth-order valence-corrected chi connectivity index (χ4v) is 1.98. The summed E-state index contributed by atoms with van der Waals surface area (Å²) in [6, 6.07) is 4.05. The molecule has 0 aliphatic carbocycles. The Morgan fingerprint density at radius 3 is 2.68 bits per heavy atom. The normalized spacial score (nSPS) is 13.2. The first kappa shape index (κ1) is 15.9. The van der Waals surface area contributed by atoms with E-state index in [1.54, 1.807) is 0 Å². The quantitative estimate of drug-likeness (QED) is 0.894. The van der Waals surface area contributed by atoms with Crippen molar-refractivity contribution >= 4 is 17.5 Å². The first-order valence-corrected chi connectivity index (χ1v) is 6.49. The van der Waals surface area contributed by atoms with Crippen molar-refractivity contribution < 1.29 is 14.3 Å². The van der Waals surface area contributed by atoms with Crippen molar-refractivity contribution in [1.29, 1.82) is 0 Å². The molecule has 1 amide bonds. The zero-order valence-electron chi connectivity index (χ0n) is 11.3. The minimum absolute atomic E-state index is 0.0271. The molecule has 0 heterocycles. The van der Waals surface area contributed by atoms with E-state index in [1.165, 1.54) is 18.2 Å². The van der Waals surface area contributed by atoms with Crippen molar-refractivity contribution in [1.82, 2.24) is 5.32 Å². The molecule has 0 saturated heterocycles. The number of aliphatic hydroxyl groups excluding tert-OH is 1. The van der Waals surface area contributed by atoms with Gasteiger partial charge < -0.3 is 10.4 Å². The van der Waals surface area contributed by atoms with E-state index in [9.17, 15) is 14.3 Å². The van der Waals surface area contributed by atoms with Crippen molar-refractivity contribution in [2.24, 2.45) is 5.41 Å². The number of halogens is 2. The minimum Gasteiger partial charge on any atom is -0.391 e. The van der Waals surface area contributed by atoms with Gasteiger partial charge in [-0.25, -0.2) is 4.39 Å². The number of carbonyl (C=O) groups is 1. The predicted molar refractivity (Wildman–Crippen MR) is 73.8 cm³/mol. The van der Waals surface area contributed by atoms with Crippen molar-refractivity contribution in [3.63, 3.8) is 0 Å². The zero-order chi connectivity index (χ0) is 14.6. The Morgan fingerprint density at radius 1 is 1.47 bits per heavy atom. The molecular weight excluding hydrogens is 269 g/mol. The molecule has 5 heteroatoms. The molecule has 0 aliphatic rings. The van der Waals surface area contributed by atoms with Crippen molar-refractivity contribution in [2.75, 3.05) is 6.54 Å². The van der Waals surface area contributed by atoms with Crippen LogP contribution in [-0.2, 0) is 0 Å². The van der Waals surface area contributed by atoms with Crippen LogP contribution < -0.4 is 5.32 Å². The van der Waals surface area contributed by atoms with Crippen molar-refractivity contribution in [3.05, 3.63) is 34.6 Å². The number of carbonyl (C=O) groups excluding carboxylic acids is 1. The van der Waals surface area contributed by atoms with E-state index in [2.05, 4.69) is 5.32 Å². The van der Waals surface area contributed by atoms with Crippen LogP contribution in [0, 0.1) is 11.2 Å². The number of amides is 1. The summed E-state index contributed by atoms with van der Waals surface area (Å²) in [5.74, 6) is -1.12. The van der Waals surface area contributed by atoms with E-state index in [-0.39, 0.29) is 22.5 Å². The van der Waals surface area contributed by atoms with Gasteiger partial charge >= 0.3 is 0 Å². The van der Waals surface area contributed by atoms with Gasteiger partial charge in [-0.2, -0.15) is 0 Å². The molecule has 0 spiro atoms. The Kier molecular flexibility index (Phi) is 5.32. The van der Waals surface area contributed by atoms with Gasteiger partial charge in [0.15, 0.2) is 0 Å². The fourth-order valence-electron chi connectivity index (χ4n) is 1.76. The fraction of sp³-hybridized carbons (Fsp3) is 0.500. The lowest BCUT2D eigenvalue weighted by Gasteiger charge is -2.22. The highest BCUT2D eigenvalue weighted by Gasteiger charge is 2.18. The average molecular weight is 288 g/mol. The van der Waals surface area contributed by atoms with Crippen LogP contribution in [-0.4, -0.2) is 23.7 Å². The third-order valence-electron chi connectivity index (χ3n) is 2.54. The second-order valence-electron chi connectivity index (χ2n) is 5.73. The van der Waals surface area contributed by atoms with Crippen LogP contribution in [0.1, 0.15) is 37.6 Å². The van der Waals surface area contributed by atoms with E-state index >= 15 is 0 Å². The van der Waals surface area contributed by atoms with Crippen molar-refractivity contribution in [2.45, 2.75) is 33.3 Å². The van der Waals surface area contributed by atoms with Gasteiger partial charge in [0.25, 0.3) is 5.91 Å². The molecule has 0 radical (unpaired) electrons. The number of hydrogen-bond donors (Lipinski definition) is 2. The molecule has 0 aliphatic heterocycles. The summed E-state index contributed by atoms with van der Waals surface area (Å²) in [5.41, 5.74) is 0.0466. The van der Waals surface area contributed by atoms with E-state index in [4.69, 9.17) is 11.6 Å². The lowest BCUT2D eigenvalue weighted by molar-refractivity contribution is 0.0868. The first-order valence-electron chi connectivity index (χ1n) is 6.11. The molecule has 1 unspecified atom stereocenters. The van der Waals surface area contributed by atoms with E-state index in [0.29, 0.717) is 6.42 Å². The maximum atomic E-state index is 13.2. The molecule has 1 atom stereocenters. The van der Waals surface area contributed by atoms with E-state index < -0.39 is 17.8 Å². The predicted octanol–water partition coefficient (Wildman–Crippen LogP) is 3.01. The molecule has 0 saturated carbocycles. The molecular formula is C14H19ClFNO2. The molecule has 1 aromatic carbocycles. The molecule has 2 N–H and O–H groups in total. The molecule has 3 nitrogen and oxygen atoms in total. The van der Waals surface area contributed by atoms with Crippen LogP contribution in [0.25, 0.3) is 0 Å². The van der Waals surface area contributed by atoms with Gasteiger partial charge in [0, 0.05) is 6.54 Å². The van der Waals surface area contributed by atoms with Gasteiger partial charge in [-0.05, 0) is 24.0 Å². The van der Waals surface area contributed by atoms with Crippen LogP contribution in [0.5, 0.6) is 0 Å². The molecule has 1 aromatic rings. The Labute approximate surface area is 117 Å². The maximum absolute atomic E-state index is 13.2. The van der Waals surface area contributed by atoms with E-state index in [1.807, 2.05) is 20.8 Å². The number of rotatable bonds is 4. The third-order valence-corrected chi connectivity index (χ3v) is 2.93. The second kappa shape index (κ2) is 6.35.